The molecule has 8 nitrogen and oxygen atoms in total. The Balaban J connectivity index is 1.77. The lowest BCUT2D eigenvalue weighted by molar-refractivity contribution is 0.245. The van der Waals surface area contributed by atoms with Crippen molar-refractivity contribution in [3.8, 4) is 0 Å². The lowest BCUT2D eigenvalue weighted by atomic mass is 10.1. The second kappa shape index (κ2) is 12.2. The molecule has 1 heterocycles. The van der Waals surface area contributed by atoms with Crippen LogP contribution in [0.5, 0.6) is 0 Å². The van der Waals surface area contributed by atoms with Crippen LogP contribution in [0.15, 0.2) is 65.7 Å². The van der Waals surface area contributed by atoms with Crippen molar-refractivity contribution in [1.82, 2.24) is 10.0 Å². The predicted molar refractivity (Wildman–Crippen MR) is 154 cm³/mol. The van der Waals surface area contributed by atoms with Crippen molar-refractivity contribution in [3.05, 3.63) is 60.7 Å². The fourth-order valence-corrected chi connectivity index (χ4v) is 10.1. The molecule has 0 spiro atoms. The summed E-state index contributed by atoms with van der Waals surface area (Å²) >= 11 is 16.7. The molecule has 0 fully saturated rings. The van der Waals surface area contributed by atoms with E-state index in [1.54, 1.807) is 0 Å². The molecule has 0 amide bonds. The molecule has 1 aliphatic rings. The first kappa shape index (κ1) is 30.2. The van der Waals surface area contributed by atoms with Gasteiger partial charge in [-0.05, 0) is 21.8 Å². The number of benzene rings is 2. The average molecular weight is 608 g/mol. The van der Waals surface area contributed by atoms with E-state index in [1.807, 2.05) is 36.4 Å². The Morgan fingerprint density at radius 2 is 1.62 bits per heavy atom. The van der Waals surface area contributed by atoms with E-state index >= 15 is 0 Å². The summed E-state index contributed by atoms with van der Waals surface area (Å²) < 4.78 is 36.4. The lowest BCUT2D eigenvalue weighted by Gasteiger charge is -2.44. The maximum Gasteiger partial charge on any atom is 0.362 e. The first-order valence-electron chi connectivity index (χ1n) is 11.8. The molecule has 0 saturated heterocycles. The summed E-state index contributed by atoms with van der Waals surface area (Å²) in [5.41, 5.74) is 6.62. The van der Waals surface area contributed by atoms with Gasteiger partial charge in [-0.3, -0.25) is 4.99 Å². The largest absolute Gasteiger partial charge is 0.406 e. The van der Waals surface area contributed by atoms with Crippen LogP contribution in [0.25, 0.3) is 0 Å². The zero-order valence-electron chi connectivity index (χ0n) is 21.0. The molecule has 2 atom stereocenters. The maximum atomic E-state index is 12.2. The van der Waals surface area contributed by atoms with E-state index in [-0.39, 0.29) is 23.6 Å². The van der Waals surface area contributed by atoms with Crippen LogP contribution in [-0.2, 0) is 18.9 Å². The summed E-state index contributed by atoms with van der Waals surface area (Å²) in [6.07, 6.45) is 0.603. The smallest absolute Gasteiger partial charge is 0.362 e. The number of halogens is 3. The standard InChI is InChI=1S/C24H33Cl3N4O4SSi/c1-23(2,3)37(18-10-6-4-7-11-18,19-12-8-5-9-13-19)35-16-20(28)21-14-15-29-22(30-21)31-36(32,33)34-17-24(25,26)27/h4-13,20-21H,14-17,28H2,1-3H3,(H2,29,30,31)/t20-,21-/m1/s1. The van der Waals surface area contributed by atoms with Crippen molar-refractivity contribution in [2.45, 2.75) is 48.1 Å². The van der Waals surface area contributed by atoms with E-state index in [9.17, 15) is 8.42 Å². The van der Waals surface area contributed by atoms with Gasteiger partial charge in [0.05, 0.1) is 6.61 Å². The number of hydrogen-bond acceptors (Lipinski definition) is 7. The third kappa shape index (κ3) is 8.06. The quantitative estimate of drug-likeness (QED) is 0.298. The van der Waals surface area contributed by atoms with E-state index in [2.05, 4.69) is 60.1 Å². The van der Waals surface area contributed by atoms with Gasteiger partial charge in [0.15, 0.2) is 0 Å². The third-order valence-electron chi connectivity index (χ3n) is 6.06. The Morgan fingerprint density at radius 3 is 2.11 bits per heavy atom. The molecule has 0 aliphatic carbocycles. The molecule has 0 bridgehead atoms. The lowest BCUT2D eigenvalue weighted by Crippen LogP contribution is -2.68. The molecule has 13 heteroatoms. The van der Waals surface area contributed by atoms with Crippen molar-refractivity contribution >= 4 is 69.8 Å². The van der Waals surface area contributed by atoms with Crippen LogP contribution in [0, 0.1) is 0 Å². The number of alkyl halides is 3. The zero-order valence-corrected chi connectivity index (χ0v) is 25.0. The number of hydrogen-bond donors (Lipinski definition) is 3. The maximum absolute atomic E-state index is 12.2. The molecular formula is C24H33Cl3N4O4SSi. The zero-order chi connectivity index (χ0) is 27.3. The van der Waals surface area contributed by atoms with Crippen molar-refractivity contribution in [2.75, 3.05) is 19.8 Å². The Morgan fingerprint density at radius 1 is 1.08 bits per heavy atom. The minimum Gasteiger partial charge on any atom is -0.406 e. The molecule has 0 unspecified atom stereocenters. The molecule has 0 aromatic heterocycles. The van der Waals surface area contributed by atoms with Gasteiger partial charge < -0.3 is 15.5 Å². The van der Waals surface area contributed by atoms with Crippen LogP contribution in [-0.4, -0.2) is 58.3 Å². The fourth-order valence-electron chi connectivity index (χ4n) is 4.38. The van der Waals surface area contributed by atoms with Gasteiger partial charge in [-0.25, -0.2) is 8.91 Å². The molecule has 0 saturated carbocycles. The highest BCUT2D eigenvalue weighted by molar-refractivity contribution is 7.85. The van der Waals surface area contributed by atoms with Crippen LogP contribution < -0.4 is 26.1 Å². The topological polar surface area (TPSA) is 115 Å². The summed E-state index contributed by atoms with van der Waals surface area (Å²) in [6.45, 7) is 6.57. The van der Waals surface area contributed by atoms with Gasteiger partial charge in [0.25, 0.3) is 8.32 Å². The van der Waals surface area contributed by atoms with E-state index in [4.69, 9.17) is 49.1 Å². The highest BCUT2D eigenvalue weighted by Gasteiger charge is 2.50. The van der Waals surface area contributed by atoms with E-state index in [1.165, 1.54) is 0 Å². The van der Waals surface area contributed by atoms with Crippen LogP contribution in [0.2, 0.25) is 5.04 Å². The molecule has 37 heavy (non-hydrogen) atoms. The van der Waals surface area contributed by atoms with Gasteiger partial charge in [-0.15, -0.1) is 0 Å². The normalized spacial score (nSPS) is 18.0. The van der Waals surface area contributed by atoms with E-state index in [0.717, 1.165) is 10.4 Å². The van der Waals surface area contributed by atoms with Crippen LogP contribution in [0.1, 0.15) is 27.2 Å². The first-order chi connectivity index (χ1) is 17.2. The minimum absolute atomic E-state index is 0.0152. The predicted octanol–water partition coefficient (Wildman–Crippen LogP) is 2.83. The fraction of sp³-hybridized carbons (Fsp3) is 0.458. The SMILES string of the molecule is CC(C)(C)[Si](OC[C@@H](N)[C@H]1CCN=C(NS(=O)(=O)OCC(Cl)(Cl)Cl)N1)(c1ccccc1)c1ccccc1. The van der Waals surface area contributed by atoms with Crippen molar-refractivity contribution < 1.29 is 17.0 Å². The molecule has 2 aromatic rings. The molecule has 4 N–H and O–H groups in total. The summed E-state index contributed by atoms with van der Waals surface area (Å²) in [4.78, 5) is 4.18. The van der Waals surface area contributed by atoms with E-state index < -0.39 is 35.1 Å². The number of rotatable bonds is 9. The average Bonchev–Trinajstić information content (AvgIpc) is 2.83. The summed E-state index contributed by atoms with van der Waals surface area (Å²) in [7, 11) is -7.02. The van der Waals surface area contributed by atoms with Crippen molar-refractivity contribution in [2.24, 2.45) is 10.7 Å². The van der Waals surface area contributed by atoms with Crippen LogP contribution >= 0.6 is 34.8 Å². The van der Waals surface area contributed by atoms with E-state index in [0.29, 0.717) is 13.0 Å². The highest BCUT2D eigenvalue weighted by atomic mass is 35.6. The van der Waals surface area contributed by atoms with Crippen LogP contribution in [0.3, 0.4) is 0 Å². The number of nitrogens with one attached hydrogen (secondary N) is 2. The number of nitrogens with two attached hydrogens (primary N) is 1. The summed E-state index contributed by atoms with van der Waals surface area (Å²) in [5.74, 6) is 0.0152. The molecular weight excluding hydrogens is 575 g/mol. The number of guanidine groups is 1. The Hall–Kier alpha value is -1.37. The molecule has 204 valence electrons. The second-order valence-corrected chi connectivity index (χ2v) is 18.0. The monoisotopic (exact) mass is 606 g/mol. The highest BCUT2D eigenvalue weighted by Crippen LogP contribution is 2.36. The molecule has 0 radical (unpaired) electrons. The van der Waals surface area contributed by atoms with Gasteiger partial charge in [-0.2, -0.15) is 8.42 Å². The van der Waals surface area contributed by atoms with Gasteiger partial charge in [-0.1, -0.05) is 116 Å². The van der Waals surface area contributed by atoms with Gasteiger partial charge in [0.1, 0.15) is 6.61 Å². The number of aliphatic imine (C=N–C) groups is 1. The Bertz CT molecular complexity index is 1120. The Kier molecular flexibility index (Phi) is 9.96. The van der Waals surface area contributed by atoms with Crippen molar-refractivity contribution in [3.63, 3.8) is 0 Å². The molecule has 3 rings (SSSR count). The second-order valence-electron chi connectivity index (χ2n) is 9.84. The molecule has 1 aliphatic heterocycles. The van der Waals surface area contributed by atoms with Crippen molar-refractivity contribution in [1.29, 1.82) is 0 Å². The summed E-state index contributed by atoms with van der Waals surface area (Å²) in [6, 6.07) is 19.8. The third-order valence-corrected chi connectivity index (χ3v) is 12.3. The van der Waals surface area contributed by atoms with Gasteiger partial charge in [0.2, 0.25) is 9.75 Å². The van der Waals surface area contributed by atoms with Gasteiger partial charge in [0, 0.05) is 18.6 Å². The van der Waals surface area contributed by atoms with Gasteiger partial charge >= 0.3 is 10.3 Å². The minimum atomic E-state index is -4.25. The molecule has 2 aromatic carbocycles. The summed E-state index contributed by atoms with van der Waals surface area (Å²) in [5, 5.41) is 5.16. The first-order valence-corrected chi connectivity index (χ1v) is 16.2. The van der Waals surface area contributed by atoms with Crippen LogP contribution in [0.4, 0.5) is 0 Å². The number of nitrogens with zero attached hydrogens (tertiary/aromatic N) is 1. The Labute approximate surface area is 235 Å².